The van der Waals surface area contributed by atoms with E-state index in [1.54, 1.807) is 31.4 Å². The van der Waals surface area contributed by atoms with Crippen molar-refractivity contribution in [1.82, 2.24) is 9.97 Å². The number of thioether (sulfide) groups is 1. The number of aryl methyl sites for hydroxylation is 1. The Balaban J connectivity index is 1.86. The fourth-order valence-electron chi connectivity index (χ4n) is 2.46. The second kappa shape index (κ2) is 7.01. The van der Waals surface area contributed by atoms with Crippen molar-refractivity contribution in [2.45, 2.75) is 24.1 Å². The number of para-hydroxylation sites is 1. The molecule has 3 aromatic rings. The first-order valence-corrected chi connectivity index (χ1v) is 8.55. The van der Waals surface area contributed by atoms with Crippen molar-refractivity contribution < 1.29 is 9.53 Å². The fraction of sp³-hybridized carbons (Fsp3) is 0.211. The highest BCUT2D eigenvalue weighted by molar-refractivity contribution is 8.00. The molecule has 0 saturated heterocycles. The molecule has 0 N–H and O–H groups in total. The van der Waals surface area contributed by atoms with Gasteiger partial charge in [-0.25, -0.2) is 9.97 Å². The summed E-state index contributed by atoms with van der Waals surface area (Å²) in [5.41, 5.74) is 1.57. The average Bonchev–Trinajstić information content (AvgIpc) is 2.61. The monoisotopic (exact) mass is 338 g/mol. The SMILES string of the molecule is COc1ccc(C(=O)[C@H](C)Sc2nc(C)nc3ccccc23)cc1. The van der Waals surface area contributed by atoms with Gasteiger partial charge in [0.1, 0.15) is 16.6 Å². The number of carbonyl (C=O) groups excluding carboxylic acids is 1. The van der Waals surface area contributed by atoms with Gasteiger partial charge in [-0.3, -0.25) is 4.79 Å². The molecule has 0 spiro atoms. The topological polar surface area (TPSA) is 52.1 Å². The molecule has 2 aromatic carbocycles. The summed E-state index contributed by atoms with van der Waals surface area (Å²) in [5, 5.41) is 1.58. The molecule has 0 aliphatic rings. The quantitative estimate of drug-likeness (QED) is 0.394. The number of nitrogens with zero attached hydrogens (tertiary/aromatic N) is 2. The van der Waals surface area contributed by atoms with E-state index in [0.717, 1.165) is 21.7 Å². The number of aromatic nitrogens is 2. The molecule has 0 bridgehead atoms. The second-order valence-electron chi connectivity index (χ2n) is 5.45. The first-order chi connectivity index (χ1) is 11.6. The standard InChI is InChI=1S/C19H18N2O2S/c1-12(18(22)14-8-10-15(23-3)11-9-14)24-19-16-6-4-5-7-17(16)20-13(2)21-19/h4-12H,1-3H3/t12-/m0/s1. The van der Waals surface area contributed by atoms with Gasteiger partial charge in [0.2, 0.25) is 0 Å². The van der Waals surface area contributed by atoms with Crippen LogP contribution in [0.4, 0.5) is 0 Å². The number of hydrogen-bond acceptors (Lipinski definition) is 5. The highest BCUT2D eigenvalue weighted by Gasteiger charge is 2.19. The maximum atomic E-state index is 12.7. The highest BCUT2D eigenvalue weighted by Crippen LogP contribution is 2.30. The van der Waals surface area contributed by atoms with Crippen molar-refractivity contribution in [1.29, 1.82) is 0 Å². The van der Waals surface area contributed by atoms with Crippen molar-refractivity contribution in [2.75, 3.05) is 7.11 Å². The summed E-state index contributed by atoms with van der Waals surface area (Å²) >= 11 is 1.47. The molecule has 24 heavy (non-hydrogen) atoms. The van der Waals surface area contributed by atoms with Gasteiger partial charge in [0.05, 0.1) is 17.9 Å². The number of methoxy groups -OCH3 is 1. The highest BCUT2D eigenvalue weighted by atomic mass is 32.2. The molecule has 0 radical (unpaired) electrons. The molecule has 0 aliphatic carbocycles. The minimum Gasteiger partial charge on any atom is -0.497 e. The van der Waals surface area contributed by atoms with E-state index in [1.807, 2.05) is 38.1 Å². The fourth-order valence-corrected chi connectivity index (χ4v) is 3.52. The lowest BCUT2D eigenvalue weighted by Crippen LogP contribution is -2.14. The minimum atomic E-state index is -0.240. The Morgan fingerprint density at radius 3 is 2.50 bits per heavy atom. The molecule has 5 heteroatoms. The van der Waals surface area contributed by atoms with Crippen LogP contribution in [0.1, 0.15) is 23.1 Å². The van der Waals surface area contributed by atoms with Gasteiger partial charge in [0.15, 0.2) is 5.78 Å². The Bertz CT molecular complexity index is 878. The smallest absolute Gasteiger partial charge is 0.175 e. The molecule has 0 aliphatic heterocycles. The number of fused-ring (bicyclic) bond motifs is 1. The number of hydrogen-bond donors (Lipinski definition) is 0. The van der Waals surface area contributed by atoms with Crippen LogP contribution < -0.4 is 4.74 Å². The molecule has 0 fully saturated rings. The number of ether oxygens (including phenoxy) is 1. The van der Waals surface area contributed by atoms with Gasteiger partial charge in [-0.1, -0.05) is 30.0 Å². The number of benzene rings is 2. The zero-order valence-electron chi connectivity index (χ0n) is 13.8. The molecule has 3 rings (SSSR count). The predicted molar refractivity (Wildman–Crippen MR) is 96.9 cm³/mol. The Hall–Kier alpha value is -2.40. The lowest BCUT2D eigenvalue weighted by atomic mass is 10.1. The lowest BCUT2D eigenvalue weighted by molar-refractivity contribution is 0.0994. The zero-order valence-corrected chi connectivity index (χ0v) is 14.6. The molecule has 1 atom stereocenters. The van der Waals surface area contributed by atoms with Crippen LogP contribution in [-0.2, 0) is 0 Å². The summed E-state index contributed by atoms with van der Waals surface area (Å²) in [6.07, 6.45) is 0. The molecular formula is C19H18N2O2S. The van der Waals surface area contributed by atoms with Gasteiger partial charge in [-0.05, 0) is 44.2 Å². The summed E-state index contributed by atoms with van der Waals surface area (Å²) < 4.78 is 5.13. The maximum Gasteiger partial charge on any atom is 0.175 e. The van der Waals surface area contributed by atoms with Gasteiger partial charge >= 0.3 is 0 Å². The van der Waals surface area contributed by atoms with Crippen LogP contribution in [0.15, 0.2) is 53.6 Å². The first-order valence-electron chi connectivity index (χ1n) is 7.67. The lowest BCUT2D eigenvalue weighted by Gasteiger charge is -2.12. The van der Waals surface area contributed by atoms with E-state index in [2.05, 4.69) is 9.97 Å². The number of Topliss-reactive ketones (excluding diaryl/α,β-unsaturated/α-hetero) is 1. The minimum absolute atomic E-state index is 0.0722. The molecular weight excluding hydrogens is 320 g/mol. The van der Waals surface area contributed by atoms with Crippen LogP contribution in [0, 0.1) is 6.92 Å². The van der Waals surface area contributed by atoms with Crippen molar-refractivity contribution in [3.8, 4) is 5.75 Å². The average molecular weight is 338 g/mol. The third-order valence-electron chi connectivity index (χ3n) is 3.71. The third kappa shape index (κ3) is 3.41. The van der Waals surface area contributed by atoms with Gasteiger partial charge < -0.3 is 4.74 Å². The van der Waals surface area contributed by atoms with E-state index in [0.29, 0.717) is 11.4 Å². The number of carbonyl (C=O) groups is 1. The van der Waals surface area contributed by atoms with Crippen LogP contribution in [-0.4, -0.2) is 28.1 Å². The van der Waals surface area contributed by atoms with Crippen molar-refractivity contribution >= 4 is 28.4 Å². The van der Waals surface area contributed by atoms with Crippen LogP contribution in [0.5, 0.6) is 5.75 Å². The van der Waals surface area contributed by atoms with Crippen molar-refractivity contribution in [3.63, 3.8) is 0 Å². The third-order valence-corrected chi connectivity index (χ3v) is 4.81. The molecule has 122 valence electrons. The van der Waals surface area contributed by atoms with Crippen LogP contribution in [0.25, 0.3) is 10.9 Å². The molecule has 0 saturated carbocycles. The normalized spacial score (nSPS) is 12.1. The Morgan fingerprint density at radius 2 is 1.79 bits per heavy atom. The molecule has 0 unspecified atom stereocenters. The van der Waals surface area contributed by atoms with E-state index in [4.69, 9.17) is 4.74 Å². The van der Waals surface area contributed by atoms with E-state index in [-0.39, 0.29) is 11.0 Å². The Morgan fingerprint density at radius 1 is 1.08 bits per heavy atom. The maximum absolute atomic E-state index is 12.7. The summed E-state index contributed by atoms with van der Waals surface area (Å²) in [7, 11) is 1.61. The number of ketones is 1. The van der Waals surface area contributed by atoms with E-state index in [1.165, 1.54) is 11.8 Å². The van der Waals surface area contributed by atoms with Gasteiger partial charge in [-0.2, -0.15) is 0 Å². The molecule has 4 nitrogen and oxygen atoms in total. The van der Waals surface area contributed by atoms with Crippen LogP contribution >= 0.6 is 11.8 Å². The van der Waals surface area contributed by atoms with E-state index >= 15 is 0 Å². The summed E-state index contributed by atoms with van der Waals surface area (Å²) in [6, 6.07) is 15.1. The van der Waals surface area contributed by atoms with Gasteiger partial charge in [-0.15, -0.1) is 0 Å². The molecule has 0 amide bonds. The molecule has 1 heterocycles. The Kier molecular flexibility index (Phi) is 4.81. The van der Waals surface area contributed by atoms with Crippen molar-refractivity contribution in [2.24, 2.45) is 0 Å². The first kappa shape index (κ1) is 16.5. The summed E-state index contributed by atoms with van der Waals surface area (Å²) in [4.78, 5) is 21.6. The number of rotatable bonds is 5. The van der Waals surface area contributed by atoms with Crippen molar-refractivity contribution in [3.05, 3.63) is 59.9 Å². The second-order valence-corrected chi connectivity index (χ2v) is 6.78. The predicted octanol–water partition coefficient (Wildman–Crippen LogP) is 4.31. The van der Waals surface area contributed by atoms with Crippen LogP contribution in [0.2, 0.25) is 0 Å². The molecule has 1 aromatic heterocycles. The zero-order chi connectivity index (χ0) is 17.1. The summed E-state index contributed by atoms with van der Waals surface area (Å²) in [6.45, 7) is 3.77. The van der Waals surface area contributed by atoms with E-state index < -0.39 is 0 Å². The van der Waals surface area contributed by atoms with Gasteiger partial charge in [0.25, 0.3) is 0 Å². The largest absolute Gasteiger partial charge is 0.497 e. The Labute approximate surface area is 145 Å². The van der Waals surface area contributed by atoms with Gasteiger partial charge in [0, 0.05) is 10.9 Å². The van der Waals surface area contributed by atoms with Crippen LogP contribution in [0.3, 0.4) is 0 Å². The van der Waals surface area contributed by atoms with E-state index in [9.17, 15) is 4.79 Å². The summed E-state index contributed by atoms with van der Waals surface area (Å²) in [5.74, 6) is 1.52.